The first-order valence-corrected chi connectivity index (χ1v) is 6.06. The van der Waals surface area contributed by atoms with Crippen LogP contribution >= 0.6 is 0 Å². The van der Waals surface area contributed by atoms with Crippen LogP contribution in [-0.4, -0.2) is 48.5 Å². The first-order valence-electron chi connectivity index (χ1n) is 6.06. The highest BCUT2D eigenvalue weighted by Crippen LogP contribution is 2.27. The van der Waals surface area contributed by atoms with E-state index in [0.29, 0.717) is 11.3 Å². The van der Waals surface area contributed by atoms with Crippen molar-refractivity contribution < 1.29 is 14.7 Å². The van der Waals surface area contributed by atoms with Crippen molar-refractivity contribution >= 4 is 17.5 Å². The molecule has 0 radical (unpaired) electrons. The van der Waals surface area contributed by atoms with Gasteiger partial charge in [0.15, 0.2) is 0 Å². The molecule has 19 heavy (non-hydrogen) atoms. The minimum Gasteiger partial charge on any atom is -0.387 e. The van der Waals surface area contributed by atoms with Crippen LogP contribution in [-0.2, 0) is 9.59 Å². The van der Waals surface area contributed by atoms with Crippen LogP contribution in [0.25, 0.3) is 0 Å². The summed E-state index contributed by atoms with van der Waals surface area (Å²) in [5, 5.41) is 9.89. The molecule has 6 heteroatoms. The van der Waals surface area contributed by atoms with E-state index in [1.54, 1.807) is 31.3 Å². The second kappa shape index (κ2) is 5.38. The molecular formula is C13H17N3O3. The van der Waals surface area contributed by atoms with Crippen LogP contribution in [0.3, 0.4) is 0 Å². The normalized spacial score (nSPS) is 17.8. The van der Waals surface area contributed by atoms with Gasteiger partial charge in [0, 0.05) is 19.2 Å². The molecule has 6 nitrogen and oxygen atoms in total. The number of hydrogen-bond acceptors (Lipinski definition) is 4. The molecule has 0 aromatic heterocycles. The summed E-state index contributed by atoms with van der Waals surface area (Å²) in [6.07, 6.45) is -0.848. The third-order valence-corrected chi connectivity index (χ3v) is 3.20. The van der Waals surface area contributed by atoms with E-state index in [0.717, 1.165) is 0 Å². The Morgan fingerprint density at radius 2 is 1.95 bits per heavy atom. The van der Waals surface area contributed by atoms with Crippen LogP contribution in [0.15, 0.2) is 24.3 Å². The Bertz CT molecular complexity index is 504. The van der Waals surface area contributed by atoms with Gasteiger partial charge in [0.05, 0.1) is 18.3 Å². The van der Waals surface area contributed by atoms with Crippen molar-refractivity contribution in [2.24, 2.45) is 5.73 Å². The Labute approximate surface area is 111 Å². The van der Waals surface area contributed by atoms with E-state index in [9.17, 15) is 14.7 Å². The van der Waals surface area contributed by atoms with E-state index in [2.05, 4.69) is 0 Å². The third kappa shape index (κ3) is 2.59. The summed E-state index contributed by atoms with van der Waals surface area (Å²) in [6, 6.07) is 6.95. The number of para-hydroxylation sites is 1. The summed E-state index contributed by atoms with van der Waals surface area (Å²) >= 11 is 0. The Hall–Kier alpha value is -1.92. The molecule has 2 rings (SSSR count). The molecule has 0 saturated carbocycles. The number of benzene rings is 1. The highest BCUT2D eigenvalue weighted by molar-refractivity contribution is 6.04. The number of aliphatic hydroxyl groups excluding tert-OH is 1. The van der Waals surface area contributed by atoms with Crippen molar-refractivity contribution in [3.8, 4) is 0 Å². The maximum atomic E-state index is 12.0. The van der Waals surface area contributed by atoms with Crippen molar-refractivity contribution in [1.29, 1.82) is 0 Å². The SMILES string of the molecule is CN1CC(=O)N(c2ccccc2C(O)CN)CC1=O. The lowest BCUT2D eigenvalue weighted by atomic mass is 10.1. The molecule has 3 N–H and O–H groups in total. The number of piperazine rings is 1. The minimum absolute atomic E-state index is 0.0103. The van der Waals surface area contributed by atoms with E-state index in [1.165, 1.54) is 9.80 Å². The summed E-state index contributed by atoms with van der Waals surface area (Å²) < 4.78 is 0. The van der Waals surface area contributed by atoms with Gasteiger partial charge in [0.25, 0.3) is 0 Å². The summed E-state index contributed by atoms with van der Waals surface area (Å²) in [6.45, 7) is 0.0996. The largest absolute Gasteiger partial charge is 0.387 e. The first-order chi connectivity index (χ1) is 9.04. The van der Waals surface area contributed by atoms with Crippen LogP contribution in [0.5, 0.6) is 0 Å². The maximum absolute atomic E-state index is 12.0. The Morgan fingerprint density at radius 3 is 2.63 bits per heavy atom. The van der Waals surface area contributed by atoms with Gasteiger partial charge in [-0.1, -0.05) is 18.2 Å². The van der Waals surface area contributed by atoms with Crippen LogP contribution in [0.1, 0.15) is 11.7 Å². The molecule has 1 saturated heterocycles. The quantitative estimate of drug-likeness (QED) is 0.768. The highest BCUT2D eigenvalue weighted by atomic mass is 16.3. The predicted molar refractivity (Wildman–Crippen MR) is 70.4 cm³/mol. The zero-order valence-corrected chi connectivity index (χ0v) is 10.7. The van der Waals surface area contributed by atoms with Crippen molar-refractivity contribution in [2.45, 2.75) is 6.10 Å². The molecule has 1 heterocycles. The molecule has 1 unspecified atom stereocenters. The lowest BCUT2D eigenvalue weighted by molar-refractivity contribution is -0.136. The van der Waals surface area contributed by atoms with Gasteiger partial charge in [-0.25, -0.2) is 0 Å². The third-order valence-electron chi connectivity index (χ3n) is 3.20. The lowest BCUT2D eigenvalue weighted by Gasteiger charge is -2.33. The Kier molecular flexibility index (Phi) is 3.82. The van der Waals surface area contributed by atoms with Gasteiger partial charge >= 0.3 is 0 Å². The van der Waals surface area contributed by atoms with Crippen molar-refractivity contribution in [3.05, 3.63) is 29.8 Å². The van der Waals surface area contributed by atoms with Crippen molar-refractivity contribution in [1.82, 2.24) is 4.90 Å². The highest BCUT2D eigenvalue weighted by Gasteiger charge is 2.30. The zero-order chi connectivity index (χ0) is 14.0. The maximum Gasteiger partial charge on any atom is 0.247 e. The summed E-state index contributed by atoms with van der Waals surface area (Å²) in [5.74, 6) is -0.296. The zero-order valence-electron chi connectivity index (χ0n) is 10.7. The summed E-state index contributed by atoms with van der Waals surface area (Å²) in [5.41, 5.74) is 6.57. The number of likely N-dealkylation sites (N-methyl/N-ethyl adjacent to an activating group) is 1. The van der Waals surface area contributed by atoms with E-state index in [-0.39, 0.29) is 31.4 Å². The first kappa shape index (κ1) is 13.5. The molecule has 102 valence electrons. The molecule has 2 amide bonds. The predicted octanol–water partition coefficient (Wildman–Crippen LogP) is -0.516. The van der Waals surface area contributed by atoms with Gasteiger partial charge in [0.1, 0.15) is 6.54 Å². The number of rotatable bonds is 3. The fourth-order valence-electron chi connectivity index (χ4n) is 2.08. The molecule has 0 aliphatic carbocycles. The van der Waals surface area contributed by atoms with Gasteiger partial charge in [0.2, 0.25) is 11.8 Å². The number of amides is 2. The van der Waals surface area contributed by atoms with Gasteiger partial charge in [-0.3, -0.25) is 9.59 Å². The van der Waals surface area contributed by atoms with Crippen molar-refractivity contribution in [3.63, 3.8) is 0 Å². The molecule has 1 aliphatic heterocycles. The van der Waals surface area contributed by atoms with Gasteiger partial charge in [-0.2, -0.15) is 0 Å². The molecule has 1 aromatic rings. The van der Waals surface area contributed by atoms with Crippen LogP contribution in [0.4, 0.5) is 5.69 Å². The second-order valence-electron chi connectivity index (χ2n) is 4.54. The van der Waals surface area contributed by atoms with Crippen molar-refractivity contribution in [2.75, 3.05) is 31.6 Å². The van der Waals surface area contributed by atoms with Crippen LogP contribution < -0.4 is 10.6 Å². The van der Waals surface area contributed by atoms with Gasteiger partial charge in [-0.15, -0.1) is 0 Å². The summed E-state index contributed by atoms with van der Waals surface area (Å²) in [7, 11) is 1.60. The minimum atomic E-state index is -0.848. The lowest BCUT2D eigenvalue weighted by Crippen LogP contribution is -2.52. The van der Waals surface area contributed by atoms with Crippen LogP contribution in [0, 0.1) is 0 Å². The fraction of sp³-hybridized carbons (Fsp3) is 0.385. The van der Waals surface area contributed by atoms with E-state index in [4.69, 9.17) is 5.73 Å². The van der Waals surface area contributed by atoms with Gasteiger partial charge < -0.3 is 20.6 Å². The monoisotopic (exact) mass is 263 g/mol. The summed E-state index contributed by atoms with van der Waals surface area (Å²) in [4.78, 5) is 26.5. The topological polar surface area (TPSA) is 86.9 Å². The smallest absolute Gasteiger partial charge is 0.247 e. The average Bonchev–Trinajstić information content (AvgIpc) is 2.42. The molecule has 0 spiro atoms. The Morgan fingerprint density at radius 1 is 1.26 bits per heavy atom. The fourth-order valence-corrected chi connectivity index (χ4v) is 2.08. The standard InChI is InChI=1S/C13H17N3O3/c1-15-7-13(19)16(8-12(15)18)10-5-3-2-4-9(10)11(17)6-14/h2-5,11,17H,6-8,14H2,1H3. The van der Waals surface area contributed by atoms with E-state index >= 15 is 0 Å². The second-order valence-corrected chi connectivity index (χ2v) is 4.54. The van der Waals surface area contributed by atoms with E-state index in [1.807, 2.05) is 0 Å². The molecule has 0 bridgehead atoms. The van der Waals surface area contributed by atoms with Crippen LogP contribution in [0.2, 0.25) is 0 Å². The molecular weight excluding hydrogens is 246 g/mol. The Balaban J connectivity index is 2.36. The van der Waals surface area contributed by atoms with Gasteiger partial charge in [-0.05, 0) is 6.07 Å². The molecule has 1 aliphatic rings. The number of aliphatic hydroxyl groups is 1. The molecule has 1 fully saturated rings. The molecule has 1 aromatic carbocycles. The number of nitrogens with zero attached hydrogens (tertiary/aromatic N) is 2. The average molecular weight is 263 g/mol. The number of nitrogens with two attached hydrogens (primary N) is 1. The number of anilines is 1. The van der Waals surface area contributed by atoms with E-state index < -0.39 is 6.10 Å². The number of carbonyl (C=O) groups excluding carboxylic acids is 2. The number of carbonyl (C=O) groups is 2. The molecule has 1 atom stereocenters. The number of hydrogen-bond donors (Lipinski definition) is 2.